The van der Waals surface area contributed by atoms with Crippen molar-refractivity contribution < 1.29 is 9.47 Å². The van der Waals surface area contributed by atoms with Crippen molar-refractivity contribution in [2.75, 3.05) is 13.2 Å². The lowest BCUT2D eigenvalue weighted by molar-refractivity contribution is -0.229. The molecule has 23 heavy (non-hydrogen) atoms. The van der Waals surface area contributed by atoms with Gasteiger partial charge in [0.2, 0.25) is 0 Å². The Morgan fingerprint density at radius 3 is 2.09 bits per heavy atom. The zero-order valence-electron chi connectivity index (χ0n) is 15.0. The van der Waals surface area contributed by atoms with Crippen LogP contribution in [0, 0.1) is 29.1 Å². The van der Waals surface area contributed by atoms with E-state index in [1.54, 1.807) is 0 Å². The van der Waals surface area contributed by atoms with E-state index in [9.17, 15) is 0 Å². The number of hydrogen-bond acceptors (Lipinski definition) is 3. The summed E-state index contributed by atoms with van der Waals surface area (Å²) in [5.41, 5.74) is 0. The summed E-state index contributed by atoms with van der Waals surface area (Å²) in [6, 6.07) is 2.40. The molecule has 2 fully saturated rings. The highest BCUT2D eigenvalue weighted by molar-refractivity contribution is 4.88. The summed E-state index contributed by atoms with van der Waals surface area (Å²) in [5.74, 6) is 1.37. The van der Waals surface area contributed by atoms with Crippen molar-refractivity contribution in [3.63, 3.8) is 0 Å². The summed E-state index contributed by atoms with van der Waals surface area (Å²) in [7, 11) is 0. The van der Waals surface area contributed by atoms with E-state index in [-0.39, 0.29) is 12.2 Å². The van der Waals surface area contributed by atoms with E-state index >= 15 is 0 Å². The fourth-order valence-electron chi connectivity index (χ4n) is 3.91. The van der Waals surface area contributed by atoms with Crippen molar-refractivity contribution in [1.29, 1.82) is 5.26 Å². The molecule has 2 aliphatic rings. The molecule has 132 valence electrons. The summed E-state index contributed by atoms with van der Waals surface area (Å²) >= 11 is 0. The number of ether oxygens (including phenoxy) is 2. The maximum atomic E-state index is 8.97. The van der Waals surface area contributed by atoms with Gasteiger partial charge >= 0.3 is 0 Å². The van der Waals surface area contributed by atoms with Crippen LogP contribution in [-0.2, 0) is 9.47 Å². The topological polar surface area (TPSA) is 42.2 Å². The third kappa shape index (κ3) is 6.81. The van der Waals surface area contributed by atoms with Crippen LogP contribution in [0.25, 0.3) is 0 Å². The molecule has 0 unspecified atom stereocenters. The first kappa shape index (κ1) is 18.7. The van der Waals surface area contributed by atoms with Crippen LogP contribution in [0.2, 0.25) is 0 Å². The second-order valence-corrected chi connectivity index (χ2v) is 7.55. The van der Waals surface area contributed by atoms with E-state index in [0.29, 0.717) is 11.8 Å². The molecule has 0 N–H and O–H groups in total. The second kappa shape index (κ2) is 11.0. The SMILES string of the molecule is CCCCCCCCC[C@H]1CO[C@H]([C@H]2CC[C@H](C#N)CC2)OC1. The minimum atomic E-state index is -0.0000586. The molecule has 0 radical (unpaired) electrons. The fourth-order valence-corrected chi connectivity index (χ4v) is 3.91. The molecule has 0 bridgehead atoms. The summed E-state index contributed by atoms with van der Waals surface area (Å²) in [6.07, 6.45) is 15.1. The van der Waals surface area contributed by atoms with Gasteiger partial charge < -0.3 is 9.47 Å². The normalized spacial score (nSPS) is 31.7. The standard InChI is InChI=1S/C20H35NO2/c1-2-3-4-5-6-7-8-9-18-15-22-20(23-16-18)19-12-10-17(14-21)11-13-19/h17-20H,2-13,15-16H2,1H3/t17-,18-,19-,20-. The Kier molecular flexibility index (Phi) is 9.01. The zero-order valence-corrected chi connectivity index (χ0v) is 15.0. The van der Waals surface area contributed by atoms with Crippen molar-refractivity contribution >= 4 is 0 Å². The van der Waals surface area contributed by atoms with Gasteiger partial charge in [-0.25, -0.2) is 0 Å². The maximum absolute atomic E-state index is 8.97. The lowest BCUT2D eigenvalue weighted by Gasteiger charge is -2.36. The van der Waals surface area contributed by atoms with E-state index in [4.69, 9.17) is 14.7 Å². The highest BCUT2D eigenvalue weighted by atomic mass is 16.7. The third-order valence-electron chi connectivity index (χ3n) is 5.55. The van der Waals surface area contributed by atoms with Gasteiger partial charge in [0.15, 0.2) is 6.29 Å². The lowest BCUT2D eigenvalue weighted by Crippen LogP contribution is -2.38. The first-order valence-electron chi connectivity index (χ1n) is 9.96. The van der Waals surface area contributed by atoms with Crippen LogP contribution in [0.1, 0.15) is 84.0 Å². The second-order valence-electron chi connectivity index (χ2n) is 7.55. The highest BCUT2D eigenvalue weighted by Gasteiger charge is 2.32. The molecule has 2 rings (SSSR count). The molecule has 0 aromatic carbocycles. The minimum Gasteiger partial charge on any atom is -0.352 e. The van der Waals surface area contributed by atoms with E-state index in [1.807, 2.05) is 0 Å². The van der Waals surface area contributed by atoms with Gasteiger partial charge in [0.25, 0.3) is 0 Å². The Labute approximate surface area is 142 Å². The molecule has 0 atom stereocenters. The molecule has 0 aromatic rings. The van der Waals surface area contributed by atoms with Gasteiger partial charge in [0.1, 0.15) is 0 Å². The van der Waals surface area contributed by atoms with E-state index in [1.165, 1.54) is 51.4 Å². The Balaban J connectivity index is 1.50. The molecule has 1 aliphatic carbocycles. The number of nitrogens with zero attached hydrogens (tertiary/aromatic N) is 1. The molecule has 1 aliphatic heterocycles. The van der Waals surface area contributed by atoms with Crippen LogP contribution in [0.3, 0.4) is 0 Å². The predicted octanol–water partition coefficient (Wildman–Crippen LogP) is 5.45. The van der Waals surface area contributed by atoms with Crippen LogP contribution < -0.4 is 0 Å². The molecule has 1 saturated heterocycles. The molecule has 3 heteroatoms. The summed E-state index contributed by atoms with van der Waals surface area (Å²) in [6.45, 7) is 4.02. The molecular formula is C20H35NO2. The molecule has 0 spiro atoms. The van der Waals surface area contributed by atoms with Crippen LogP contribution in [-0.4, -0.2) is 19.5 Å². The van der Waals surface area contributed by atoms with Crippen LogP contribution in [0.5, 0.6) is 0 Å². The molecule has 3 nitrogen and oxygen atoms in total. The van der Waals surface area contributed by atoms with Gasteiger partial charge in [-0.05, 0) is 32.1 Å². The zero-order chi connectivity index (χ0) is 16.3. The third-order valence-corrected chi connectivity index (χ3v) is 5.55. The quantitative estimate of drug-likeness (QED) is 0.531. The van der Waals surface area contributed by atoms with Crippen LogP contribution in [0.15, 0.2) is 0 Å². The van der Waals surface area contributed by atoms with Crippen molar-refractivity contribution in [3.8, 4) is 6.07 Å². The Hall–Kier alpha value is -0.590. The van der Waals surface area contributed by atoms with Gasteiger partial charge in [-0.1, -0.05) is 51.9 Å². The Morgan fingerprint density at radius 2 is 1.48 bits per heavy atom. The lowest BCUT2D eigenvalue weighted by atomic mass is 9.82. The first-order valence-corrected chi connectivity index (χ1v) is 9.96. The first-order chi connectivity index (χ1) is 11.3. The molecular weight excluding hydrogens is 286 g/mol. The van der Waals surface area contributed by atoms with Gasteiger partial charge in [-0.2, -0.15) is 5.26 Å². The summed E-state index contributed by atoms with van der Waals surface area (Å²) in [4.78, 5) is 0. The van der Waals surface area contributed by atoms with Crippen molar-refractivity contribution in [2.45, 2.75) is 90.3 Å². The maximum Gasteiger partial charge on any atom is 0.160 e. The number of hydrogen-bond donors (Lipinski definition) is 0. The van der Waals surface area contributed by atoms with E-state index < -0.39 is 0 Å². The average Bonchev–Trinajstić information content (AvgIpc) is 2.61. The molecule has 1 heterocycles. The summed E-state index contributed by atoms with van der Waals surface area (Å²) < 4.78 is 12.0. The van der Waals surface area contributed by atoms with Gasteiger partial charge in [-0.15, -0.1) is 0 Å². The average molecular weight is 322 g/mol. The van der Waals surface area contributed by atoms with Crippen molar-refractivity contribution in [2.24, 2.45) is 17.8 Å². The van der Waals surface area contributed by atoms with Crippen molar-refractivity contribution in [1.82, 2.24) is 0 Å². The Bertz CT molecular complexity index is 336. The number of rotatable bonds is 9. The van der Waals surface area contributed by atoms with E-state index in [0.717, 1.165) is 38.9 Å². The summed E-state index contributed by atoms with van der Waals surface area (Å²) in [5, 5.41) is 8.97. The number of nitriles is 1. The fraction of sp³-hybridized carbons (Fsp3) is 0.950. The smallest absolute Gasteiger partial charge is 0.160 e. The molecule has 0 amide bonds. The largest absolute Gasteiger partial charge is 0.352 e. The monoisotopic (exact) mass is 321 g/mol. The Morgan fingerprint density at radius 1 is 0.870 bits per heavy atom. The minimum absolute atomic E-state index is 0.0000586. The number of unbranched alkanes of at least 4 members (excludes halogenated alkanes) is 6. The van der Waals surface area contributed by atoms with Gasteiger partial charge in [0, 0.05) is 17.8 Å². The van der Waals surface area contributed by atoms with Crippen LogP contribution in [0.4, 0.5) is 0 Å². The molecule has 1 saturated carbocycles. The van der Waals surface area contributed by atoms with E-state index in [2.05, 4.69) is 13.0 Å². The predicted molar refractivity (Wildman–Crippen MR) is 92.9 cm³/mol. The highest BCUT2D eigenvalue weighted by Crippen LogP contribution is 2.34. The van der Waals surface area contributed by atoms with Crippen molar-refractivity contribution in [3.05, 3.63) is 0 Å². The molecule has 0 aromatic heterocycles. The van der Waals surface area contributed by atoms with Gasteiger partial charge in [0.05, 0.1) is 19.3 Å². The van der Waals surface area contributed by atoms with Crippen LogP contribution >= 0.6 is 0 Å². The van der Waals surface area contributed by atoms with Gasteiger partial charge in [-0.3, -0.25) is 0 Å².